The number of hydrogen-bond acceptors (Lipinski definition) is 4. The van der Waals surface area contributed by atoms with Crippen LogP contribution in [0.1, 0.15) is 63.2 Å². The molecule has 0 aliphatic carbocycles. The summed E-state index contributed by atoms with van der Waals surface area (Å²) in [7, 11) is 1.96. The summed E-state index contributed by atoms with van der Waals surface area (Å²) in [6, 6.07) is 8.25. The fourth-order valence-corrected chi connectivity index (χ4v) is 2.42. The summed E-state index contributed by atoms with van der Waals surface area (Å²) in [6.07, 6.45) is 1.70. The number of aliphatic hydroxyl groups is 1. The molecule has 1 rings (SSSR count). The van der Waals surface area contributed by atoms with Crippen molar-refractivity contribution < 1.29 is 14.6 Å². The number of rotatable bonds is 10. The number of hydrogen-bond donors (Lipinski definition) is 1. The molecule has 4 nitrogen and oxygen atoms in total. The zero-order valence-electron chi connectivity index (χ0n) is 14.9. The molecule has 0 aliphatic heterocycles. The third-order valence-corrected chi connectivity index (χ3v) is 4.29. The topological polar surface area (TPSA) is 49.8 Å². The van der Waals surface area contributed by atoms with Gasteiger partial charge in [-0.25, -0.2) is 0 Å². The van der Waals surface area contributed by atoms with Gasteiger partial charge in [0, 0.05) is 13.1 Å². The minimum atomic E-state index is -0.467. The Labute approximate surface area is 140 Å². The van der Waals surface area contributed by atoms with Gasteiger partial charge in [-0.2, -0.15) is 0 Å². The average Bonchev–Trinajstić information content (AvgIpc) is 2.57. The molecule has 0 saturated heterocycles. The van der Waals surface area contributed by atoms with Crippen LogP contribution < -0.4 is 0 Å². The maximum atomic E-state index is 11.3. The van der Waals surface area contributed by atoms with Gasteiger partial charge in [0.15, 0.2) is 0 Å². The Morgan fingerprint density at radius 2 is 1.78 bits per heavy atom. The molecule has 1 aromatic rings. The Hall–Kier alpha value is -1.39. The number of ether oxygens (including phenoxy) is 1. The van der Waals surface area contributed by atoms with Crippen molar-refractivity contribution in [1.82, 2.24) is 4.90 Å². The van der Waals surface area contributed by atoms with Gasteiger partial charge in [-0.1, -0.05) is 38.1 Å². The molecule has 0 spiro atoms. The molecule has 0 amide bonds. The monoisotopic (exact) mass is 321 g/mol. The third-order valence-electron chi connectivity index (χ3n) is 4.29. The number of aliphatic hydroxyl groups excluding tert-OH is 1. The lowest BCUT2D eigenvalue weighted by molar-refractivity contribution is -0.143. The van der Waals surface area contributed by atoms with Crippen LogP contribution in [0.3, 0.4) is 0 Å². The summed E-state index contributed by atoms with van der Waals surface area (Å²) >= 11 is 0. The van der Waals surface area contributed by atoms with E-state index in [1.54, 1.807) is 0 Å². The molecule has 2 unspecified atom stereocenters. The Morgan fingerprint density at radius 1 is 1.17 bits per heavy atom. The number of carbonyl (C=O) groups is 1. The minimum absolute atomic E-state index is 0.166. The van der Waals surface area contributed by atoms with Crippen LogP contribution in [0.2, 0.25) is 0 Å². The second-order valence-electron chi connectivity index (χ2n) is 6.14. The fraction of sp³-hybridized carbons (Fsp3) is 0.632. The lowest BCUT2D eigenvalue weighted by Crippen LogP contribution is -2.25. The van der Waals surface area contributed by atoms with Crippen LogP contribution in [0.25, 0.3) is 0 Å². The number of benzene rings is 1. The normalized spacial score (nSPS) is 13.8. The molecule has 0 radical (unpaired) electrons. The second-order valence-corrected chi connectivity index (χ2v) is 6.14. The van der Waals surface area contributed by atoms with E-state index in [2.05, 4.69) is 26.0 Å². The lowest BCUT2D eigenvalue weighted by atomic mass is 9.96. The predicted molar refractivity (Wildman–Crippen MR) is 93.5 cm³/mol. The molecular formula is C19H31NO3. The zero-order valence-corrected chi connectivity index (χ0v) is 14.9. The van der Waals surface area contributed by atoms with Crippen molar-refractivity contribution in [1.29, 1.82) is 0 Å². The van der Waals surface area contributed by atoms with Gasteiger partial charge in [0.2, 0.25) is 0 Å². The van der Waals surface area contributed by atoms with Crippen LogP contribution >= 0.6 is 0 Å². The van der Waals surface area contributed by atoms with Crippen LogP contribution in [-0.4, -0.2) is 42.7 Å². The molecule has 0 aromatic heterocycles. The van der Waals surface area contributed by atoms with E-state index in [0.29, 0.717) is 31.9 Å². The minimum Gasteiger partial charge on any atom is -0.466 e. The van der Waals surface area contributed by atoms with Crippen molar-refractivity contribution in [3.63, 3.8) is 0 Å². The van der Waals surface area contributed by atoms with Gasteiger partial charge in [0.1, 0.15) is 0 Å². The molecular weight excluding hydrogens is 290 g/mol. The predicted octanol–water partition coefficient (Wildman–Crippen LogP) is 3.51. The van der Waals surface area contributed by atoms with E-state index in [4.69, 9.17) is 4.74 Å². The summed E-state index contributed by atoms with van der Waals surface area (Å²) < 4.78 is 4.91. The van der Waals surface area contributed by atoms with Gasteiger partial charge in [-0.15, -0.1) is 0 Å². The summed E-state index contributed by atoms with van der Waals surface area (Å²) in [5, 5.41) is 10.3. The van der Waals surface area contributed by atoms with Gasteiger partial charge >= 0.3 is 5.97 Å². The van der Waals surface area contributed by atoms with Crippen LogP contribution in [0.15, 0.2) is 24.3 Å². The standard InChI is InChI=1S/C19H31NO3/c1-5-15(3)16-7-9-17(10-8-16)18(21)11-13-20(4)14-12-19(22)23-6-2/h7-10,15,18,21H,5-6,11-14H2,1-4H3. The smallest absolute Gasteiger partial charge is 0.307 e. The van der Waals surface area contributed by atoms with Gasteiger partial charge < -0.3 is 14.7 Å². The number of nitrogens with zero attached hydrogens (tertiary/aromatic N) is 1. The summed E-state index contributed by atoms with van der Waals surface area (Å²) in [5.74, 6) is 0.385. The maximum absolute atomic E-state index is 11.3. The number of carbonyl (C=O) groups excluding carboxylic acids is 1. The van der Waals surface area contributed by atoms with Crippen molar-refractivity contribution >= 4 is 5.97 Å². The maximum Gasteiger partial charge on any atom is 0.307 e. The van der Waals surface area contributed by atoms with E-state index in [9.17, 15) is 9.90 Å². The highest BCUT2D eigenvalue weighted by Crippen LogP contribution is 2.22. The SMILES string of the molecule is CCOC(=O)CCN(C)CCC(O)c1ccc(C(C)CC)cc1. The molecule has 2 atom stereocenters. The first-order valence-electron chi connectivity index (χ1n) is 8.60. The fourth-order valence-electron chi connectivity index (χ4n) is 2.42. The molecule has 4 heteroatoms. The average molecular weight is 321 g/mol. The highest BCUT2D eigenvalue weighted by molar-refractivity contribution is 5.69. The Kier molecular flexibility index (Phi) is 8.89. The molecule has 0 saturated carbocycles. The van der Waals surface area contributed by atoms with Crippen LogP contribution in [-0.2, 0) is 9.53 Å². The first-order chi connectivity index (χ1) is 11.0. The first kappa shape index (κ1) is 19.7. The molecule has 0 aliphatic rings. The van der Waals surface area contributed by atoms with Crippen LogP contribution in [0, 0.1) is 0 Å². The van der Waals surface area contributed by atoms with E-state index in [-0.39, 0.29) is 5.97 Å². The molecule has 130 valence electrons. The van der Waals surface area contributed by atoms with Gasteiger partial charge in [-0.3, -0.25) is 4.79 Å². The summed E-state index contributed by atoms with van der Waals surface area (Å²) in [6.45, 7) is 8.02. The van der Waals surface area contributed by atoms with E-state index in [0.717, 1.165) is 18.5 Å². The molecule has 0 bridgehead atoms. The molecule has 1 N–H and O–H groups in total. The summed E-state index contributed by atoms with van der Waals surface area (Å²) in [5.41, 5.74) is 2.27. The Bertz CT molecular complexity index is 458. The quantitative estimate of drug-likeness (QED) is 0.670. The van der Waals surface area contributed by atoms with Crippen molar-refractivity contribution in [2.75, 3.05) is 26.7 Å². The van der Waals surface area contributed by atoms with Gasteiger partial charge in [0.25, 0.3) is 0 Å². The van der Waals surface area contributed by atoms with Crippen molar-refractivity contribution in [3.8, 4) is 0 Å². The van der Waals surface area contributed by atoms with Crippen molar-refractivity contribution in [3.05, 3.63) is 35.4 Å². The number of esters is 1. The van der Waals surface area contributed by atoms with Crippen LogP contribution in [0.5, 0.6) is 0 Å². The van der Waals surface area contributed by atoms with E-state index >= 15 is 0 Å². The lowest BCUT2D eigenvalue weighted by Gasteiger charge is -2.19. The van der Waals surface area contributed by atoms with E-state index < -0.39 is 6.10 Å². The van der Waals surface area contributed by atoms with E-state index in [1.807, 2.05) is 31.0 Å². The molecule has 23 heavy (non-hydrogen) atoms. The largest absolute Gasteiger partial charge is 0.466 e. The first-order valence-corrected chi connectivity index (χ1v) is 8.60. The Balaban J connectivity index is 2.38. The molecule has 1 aromatic carbocycles. The molecule has 0 heterocycles. The zero-order chi connectivity index (χ0) is 17.2. The van der Waals surface area contributed by atoms with Crippen molar-refractivity contribution in [2.45, 2.75) is 52.1 Å². The summed E-state index contributed by atoms with van der Waals surface area (Å²) in [4.78, 5) is 13.4. The highest BCUT2D eigenvalue weighted by Gasteiger charge is 2.11. The van der Waals surface area contributed by atoms with E-state index in [1.165, 1.54) is 5.56 Å². The third kappa shape index (κ3) is 7.14. The van der Waals surface area contributed by atoms with Gasteiger partial charge in [-0.05, 0) is 43.9 Å². The molecule has 0 fully saturated rings. The van der Waals surface area contributed by atoms with Gasteiger partial charge in [0.05, 0.1) is 19.1 Å². The van der Waals surface area contributed by atoms with Crippen LogP contribution in [0.4, 0.5) is 0 Å². The van der Waals surface area contributed by atoms with Crippen molar-refractivity contribution in [2.24, 2.45) is 0 Å². The highest BCUT2D eigenvalue weighted by atomic mass is 16.5. The Morgan fingerprint density at radius 3 is 2.35 bits per heavy atom. The second kappa shape index (κ2) is 10.4.